The van der Waals surface area contributed by atoms with Crippen LogP contribution in [0.25, 0.3) is 10.9 Å². The van der Waals surface area contributed by atoms with E-state index in [0.29, 0.717) is 17.3 Å². The van der Waals surface area contributed by atoms with Crippen LogP contribution in [-0.2, 0) is 0 Å². The van der Waals surface area contributed by atoms with E-state index in [9.17, 15) is 0 Å². The van der Waals surface area contributed by atoms with Crippen LogP contribution in [0.3, 0.4) is 0 Å². The number of nitrogens with one attached hydrogen (secondary N) is 1. The molecular formula is C16H13Br2N3O2. The summed E-state index contributed by atoms with van der Waals surface area (Å²) in [5, 5.41) is 4.21. The molecule has 0 unspecified atom stereocenters. The van der Waals surface area contributed by atoms with Crippen molar-refractivity contribution in [2.75, 3.05) is 19.5 Å². The van der Waals surface area contributed by atoms with E-state index in [2.05, 4.69) is 47.1 Å². The number of anilines is 2. The molecule has 1 aromatic heterocycles. The monoisotopic (exact) mass is 437 g/mol. The predicted octanol–water partition coefficient (Wildman–Crippen LogP) is 4.92. The average Bonchev–Trinajstić information content (AvgIpc) is 2.55. The third-order valence-corrected chi connectivity index (χ3v) is 4.37. The number of hydrogen-bond acceptors (Lipinski definition) is 5. The van der Waals surface area contributed by atoms with Gasteiger partial charge in [0.15, 0.2) is 11.5 Å². The molecule has 7 heteroatoms. The Labute approximate surface area is 150 Å². The predicted molar refractivity (Wildman–Crippen MR) is 97.8 cm³/mol. The lowest BCUT2D eigenvalue weighted by molar-refractivity contribution is 0.355. The van der Waals surface area contributed by atoms with Gasteiger partial charge in [0.05, 0.1) is 19.7 Å². The Balaban J connectivity index is 2.05. The van der Waals surface area contributed by atoms with E-state index < -0.39 is 0 Å². The highest BCUT2D eigenvalue weighted by atomic mass is 79.9. The third-order valence-electron chi connectivity index (χ3n) is 3.30. The summed E-state index contributed by atoms with van der Waals surface area (Å²) < 4.78 is 12.4. The van der Waals surface area contributed by atoms with Crippen LogP contribution in [0, 0.1) is 0 Å². The molecule has 0 aliphatic carbocycles. The molecule has 3 aromatic rings. The molecule has 23 heavy (non-hydrogen) atoms. The minimum atomic E-state index is 0.651. The van der Waals surface area contributed by atoms with Gasteiger partial charge < -0.3 is 14.8 Å². The van der Waals surface area contributed by atoms with Crippen molar-refractivity contribution in [3.63, 3.8) is 0 Å². The zero-order valence-electron chi connectivity index (χ0n) is 12.4. The Morgan fingerprint density at radius 1 is 0.957 bits per heavy atom. The van der Waals surface area contributed by atoms with Crippen molar-refractivity contribution in [1.82, 2.24) is 9.97 Å². The van der Waals surface area contributed by atoms with Gasteiger partial charge in [-0.2, -0.15) is 0 Å². The van der Waals surface area contributed by atoms with Gasteiger partial charge in [-0.15, -0.1) is 0 Å². The van der Waals surface area contributed by atoms with Gasteiger partial charge in [-0.1, -0.05) is 15.9 Å². The molecule has 0 atom stereocenters. The molecular weight excluding hydrogens is 426 g/mol. The SMILES string of the molecule is COc1ccc(Nc2ncnc3c(Br)cc(Br)cc23)cc1OC. The Morgan fingerprint density at radius 2 is 1.74 bits per heavy atom. The number of rotatable bonds is 4. The summed E-state index contributed by atoms with van der Waals surface area (Å²) >= 11 is 7.02. The van der Waals surface area contributed by atoms with Crippen LogP contribution in [0.2, 0.25) is 0 Å². The molecule has 0 saturated carbocycles. The van der Waals surface area contributed by atoms with Crippen LogP contribution >= 0.6 is 31.9 Å². The first-order valence-electron chi connectivity index (χ1n) is 6.71. The number of hydrogen-bond donors (Lipinski definition) is 1. The number of ether oxygens (including phenoxy) is 2. The molecule has 0 spiro atoms. The number of benzene rings is 2. The Morgan fingerprint density at radius 3 is 2.48 bits per heavy atom. The van der Waals surface area contributed by atoms with Crippen LogP contribution in [-0.4, -0.2) is 24.2 Å². The highest BCUT2D eigenvalue weighted by Crippen LogP contribution is 2.34. The van der Waals surface area contributed by atoms with Crippen molar-refractivity contribution in [3.05, 3.63) is 45.6 Å². The number of nitrogens with zero attached hydrogens (tertiary/aromatic N) is 2. The summed E-state index contributed by atoms with van der Waals surface area (Å²) in [6, 6.07) is 9.54. The van der Waals surface area contributed by atoms with Gasteiger partial charge in [-0.25, -0.2) is 9.97 Å². The molecule has 0 saturated heterocycles. The van der Waals surface area contributed by atoms with E-state index in [4.69, 9.17) is 9.47 Å². The van der Waals surface area contributed by atoms with Crippen molar-refractivity contribution in [3.8, 4) is 11.5 Å². The van der Waals surface area contributed by atoms with Crippen molar-refractivity contribution in [1.29, 1.82) is 0 Å². The summed E-state index contributed by atoms with van der Waals surface area (Å²) in [5.74, 6) is 2.04. The smallest absolute Gasteiger partial charge is 0.162 e. The second kappa shape index (κ2) is 6.72. The molecule has 0 fully saturated rings. The molecule has 2 aromatic carbocycles. The van der Waals surface area contributed by atoms with Crippen molar-refractivity contribution >= 4 is 54.3 Å². The zero-order valence-corrected chi connectivity index (χ0v) is 15.6. The minimum absolute atomic E-state index is 0.651. The van der Waals surface area contributed by atoms with Crippen LogP contribution in [0.15, 0.2) is 45.6 Å². The van der Waals surface area contributed by atoms with Crippen LogP contribution in [0.4, 0.5) is 11.5 Å². The number of halogens is 2. The van der Waals surface area contributed by atoms with Crippen LogP contribution in [0.5, 0.6) is 11.5 Å². The second-order valence-electron chi connectivity index (χ2n) is 4.70. The highest BCUT2D eigenvalue weighted by molar-refractivity contribution is 9.11. The lowest BCUT2D eigenvalue weighted by Crippen LogP contribution is -1.98. The largest absolute Gasteiger partial charge is 0.493 e. The van der Waals surface area contributed by atoms with Crippen molar-refractivity contribution in [2.24, 2.45) is 0 Å². The topological polar surface area (TPSA) is 56.3 Å². The molecule has 1 heterocycles. The van der Waals surface area contributed by atoms with E-state index in [1.54, 1.807) is 14.2 Å². The molecule has 5 nitrogen and oxygen atoms in total. The minimum Gasteiger partial charge on any atom is -0.493 e. The maximum absolute atomic E-state index is 5.33. The van der Waals surface area contributed by atoms with E-state index in [0.717, 1.165) is 25.5 Å². The summed E-state index contributed by atoms with van der Waals surface area (Å²) in [6.45, 7) is 0. The van der Waals surface area contributed by atoms with E-state index in [-0.39, 0.29) is 0 Å². The maximum Gasteiger partial charge on any atom is 0.162 e. The van der Waals surface area contributed by atoms with Crippen molar-refractivity contribution in [2.45, 2.75) is 0 Å². The van der Waals surface area contributed by atoms with E-state index in [1.807, 2.05) is 30.3 Å². The molecule has 0 aliphatic rings. The molecule has 0 radical (unpaired) electrons. The van der Waals surface area contributed by atoms with Crippen molar-refractivity contribution < 1.29 is 9.47 Å². The van der Waals surface area contributed by atoms with Gasteiger partial charge in [-0.3, -0.25) is 0 Å². The summed E-state index contributed by atoms with van der Waals surface area (Å²) in [4.78, 5) is 8.67. The van der Waals surface area contributed by atoms with Gasteiger partial charge in [-0.05, 0) is 40.2 Å². The Hall–Kier alpha value is -1.86. The summed E-state index contributed by atoms with van der Waals surface area (Å²) in [6.07, 6.45) is 1.53. The Bertz CT molecular complexity index is 871. The maximum atomic E-state index is 5.33. The fraction of sp³-hybridized carbons (Fsp3) is 0.125. The van der Waals surface area contributed by atoms with Gasteiger partial charge in [0, 0.05) is 26.1 Å². The average molecular weight is 439 g/mol. The van der Waals surface area contributed by atoms with Gasteiger partial charge >= 0.3 is 0 Å². The highest BCUT2D eigenvalue weighted by Gasteiger charge is 2.10. The van der Waals surface area contributed by atoms with Gasteiger partial charge in [0.1, 0.15) is 12.1 Å². The standard InChI is InChI=1S/C16H13Br2N3O2/c1-22-13-4-3-10(7-14(13)23-2)21-16-11-5-9(17)6-12(18)15(11)19-8-20-16/h3-8H,1-2H3,(H,19,20,21). The number of fused-ring (bicyclic) bond motifs is 1. The zero-order chi connectivity index (χ0) is 16.4. The fourth-order valence-corrected chi connectivity index (χ4v) is 3.57. The molecule has 0 amide bonds. The van der Waals surface area contributed by atoms with Crippen LogP contribution in [0.1, 0.15) is 0 Å². The molecule has 0 aliphatic heterocycles. The van der Waals surface area contributed by atoms with E-state index in [1.165, 1.54) is 6.33 Å². The molecule has 118 valence electrons. The molecule has 1 N–H and O–H groups in total. The van der Waals surface area contributed by atoms with E-state index >= 15 is 0 Å². The second-order valence-corrected chi connectivity index (χ2v) is 6.47. The third kappa shape index (κ3) is 3.25. The lowest BCUT2D eigenvalue weighted by atomic mass is 10.2. The first-order chi connectivity index (χ1) is 11.1. The molecule has 3 rings (SSSR count). The van der Waals surface area contributed by atoms with Gasteiger partial charge in [0.2, 0.25) is 0 Å². The number of methoxy groups -OCH3 is 2. The summed E-state index contributed by atoms with van der Waals surface area (Å²) in [7, 11) is 3.22. The van der Waals surface area contributed by atoms with Crippen LogP contribution < -0.4 is 14.8 Å². The fourth-order valence-electron chi connectivity index (χ4n) is 2.24. The normalized spacial score (nSPS) is 10.6. The van der Waals surface area contributed by atoms with Gasteiger partial charge in [0.25, 0.3) is 0 Å². The quantitative estimate of drug-likeness (QED) is 0.626. The molecule has 0 bridgehead atoms. The number of aromatic nitrogens is 2. The Kier molecular flexibility index (Phi) is 4.68. The summed E-state index contributed by atoms with van der Waals surface area (Å²) in [5.41, 5.74) is 1.69. The first kappa shape index (κ1) is 16.0. The first-order valence-corrected chi connectivity index (χ1v) is 8.30. The lowest BCUT2D eigenvalue weighted by Gasteiger charge is -2.12.